The number of rotatable bonds is 2. The molecule has 2 heterocycles. The molecule has 14 heavy (non-hydrogen) atoms. The molecule has 6 heteroatoms. The molecule has 2 rings (SSSR count). The Bertz CT molecular complexity index is 307. The number of hydrogen-bond donors (Lipinski definition) is 1. The average molecular weight is 235 g/mol. The number of nitrogens with zero attached hydrogens (tertiary/aromatic N) is 2. The highest BCUT2D eigenvalue weighted by Crippen LogP contribution is 2.26. The Hall–Kier alpha value is -0.360. The van der Waals surface area contributed by atoms with Crippen LogP contribution in [0.4, 0.5) is 5.13 Å². The highest BCUT2D eigenvalue weighted by atomic mass is 35.5. The van der Waals surface area contributed by atoms with Crippen molar-refractivity contribution in [1.82, 2.24) is 4.98 Å². The number of halogens is 1. The summed E-state index contributed by atoms with van der Waals surface area (Å²) >= 11 is 7.24. The molecule has 0 amide bonds. The summed E-state index contributed by atoms with van der Waals surface area (Å²) in [7, 11) is 0. The van der Waals surface area contributed by atoms with E-state index in [-0.39, 0.29) is 12.6 Å². The topological polar surface area (TPSA) is 45.6 Å². The minimum atomic E-state index is 0.00552. The Balaban J connectivity index is 2.14. The molecule has 4 nitrogen and oxygen atoms in total. The smallest absolute Gasteiger partial charge is 0.187 e. The van der Waals surface area contributed by atoms with Crippen LogP contribution in [0.1, 0.15) is 0 Å². The predicted molar refractivity (Wildman–Crippen MR) is 56.2 cm³/mol. The first-order valence-electron chi connectivity index (χ1n) is 4.37. The lowest BCUT2D eigenvalue weighted by atomic mass is 10.2. The summed E-state index contributed by atoms with van der Waals surface area (Å²) in [6, 6.07) is 0.00552. The van der Waals surface area contributed by atoms with Gasteiger partial charge in [-0.25, -0.2) is 4.98 Å². The zero-order valence-electron chi connectivity index (χ0n) is 7.52. The fraction of sp³-hybridized carbons (Fsp3) is 0.625. The third-order valence-electron chi connectivity index (χ3n) is 2.15. The standard InChI is InChI=1S/C8H11ClN2O2S/c9-7-5-14-8(10-7)11-1-2-13-4-6(11)3-12/h5-6,12H,1-4H2. The van der Waals surface area contributed by atoms with Gasteiger partial charge in [0, 0.05) is 11.9 Å². The van der Waals surface area contributed by atoms with Crippen LogP contribution in [0.2, 0.25) is 5.15 Å². The molecule has 1 fully saturated rings. The van der Waals surface area contributed by atoms with Gasteiger partial charge in [0.1, 0.15) is 5.15 Å². The summed E-state index contributed by atoms with van der Waals surface area (Å²) in [5, 5.41) is 12.3. The molecule has 1 saturated heterocycles. The van der Waals surface area contributed by atoms with Gasteiger partial charge in [-0.05, 0) is 0 Å². The van der Waals surface area contributed by atoms with Crippen LogP contribution < -0.4 is 4.90 Å². The van der Waals surface area contributed by atoms with Gasteiger partial charge in [-0.3, -0.25) is 0 Å². The van der Waals surface area contributed by atoms with Gasteiger partial charge in [0.15, 0.2) is 5.13 Å². The Morgan fingerprint density at radius 3 is 3.29 bits per heavy atom. The fourth-order valence-electron chi connectivity index (χ4n) is 1.44. The lowest BCUT2D eigenvalue weighted by molar-refractivity contribution is 0.0727. The second-order valence-corrected chi connectivity index (χ2v) is 4.28. The van der Waals surface area contributed by atoms with Crippen molar-refractivity contribution in [1.29, 1.82) is 0 Å². The summed E-state index contributed by atoms with van der Waals surface area (Å²) in [5.41, 5.74) is 0. The maximum Gasteiger partial charge on any atom is 0.187 e. The molecule has 0 aliphatic carbocycles. The summed E-state index contributed by atoms with van der Waals surface area (Å²) in [5.74, 6) is 0. The van der Waals surface area contributed by atoms with Crippen LogP contribution >= 0.6 is 22.9 Å². The average Bonchev–Trinajstić information content (AvgIpc) is 2.65. The molecule has 0 aromatic carbocycles. The minimum Gasteiger partial charge on any atom is -0.394 e. The van der Waals surface area contributed by atoms with Crippen LogP contribution in [0.25, 0.3) is 0 Å². The lowest BCUT2D eigenvalue weighted by Crippen LogP contribution is -2.47. The SMILES string of the molecule is OCC1COCCN1c1nc(Cl)cs1. The van der Waals surface area contributed by atoms with E-state index < -0.39 is 0 Å². The van der Waals surface area contributed by atoms with Crippen LogP contribution in [0.5, 0.6) is 0 Å². The molecule has 1 unspecified atom stereocenters. The zero-order chi connectivity index (χ0) is 9.97. The van der Waals surface area contributed by atoms with Gasteiger partial charge in [-0.2, -0.15) is 0 Å². The van der Waals surface area contributed by atoms with Crippen molar-refractivity contribution in [3.8, 4) is 0 Å². The Morgan fingerprint density at radius 2 is 2.64 bits per heavy atom. The van der Waals surface area contributed by atoms with E-state index in [1.165, 1.54) is 11.3 Å². The lowest BCUT2D eigenvalue weighted by Gasteiger charge is -2.34. The first kappa shape index (κ1) is 10.2. The second kappa shape index (κ2) is 4.44. The van der Waals surface area contributed by atoms with Gasteiger partial charge in [0.05, 0.1) is 25.9 Å². The summed E-state index contributed by atoms with van der Waals surface area (Å²) in [6.07, 6.45) is 0. The van der Waals surface area contributed by atoms with E-state index in [9.17, 15) is 0 Å². The Labute approximate surface area is 91.1 Å². The van der Waals surface area contributed by atoms with E-state index in [0.29, 0.717) is 18.4 Å². The van der Waals surface area contributed by atoms with E-state index in [2.05, 4.69) is 4.98 Å². The largest absolute Gasteiger partial charge is 0.394 e. The van der Waals surface area contributed by atoms with Crippen LogP contribution in [-0.2, 0) is 4.74 Å². The second-order valence-electron chi connectivity index (χ2n) is 3.06. The van der Waals surface area contributed by atoms with Crippen molar-refractivity contribution >= 4 is 28.1 Å². The monoisotopic (exact) mass is 234 g/mol. The molecule has 1 N–H and O–H groups in total. The number of aromatic nitrogens is 1. The number of aliphatic hydroxyl groups is 1. The highest BCUT2D eigenvalue weighted by Gasteiger charge is 2.24. The van der Waals surface area contributed by atoms with Gasteiger partial charge in [-0.1, -0.05) is 11.6 Å². The quantitative estimate of drug-likeness (QED) is 0.829. The van der Waals surface area contributed by atoms with Crippen molar-refractivity contribution in [2.75, 3.05) is 31.3 Å². The van der Waals surface area contributed by atoms with E-state index in [1.54, 1.807) is 5.38 Å². The first-order chi connectivity index (χ1) is 6.81. The molecule has 1 aliphatic rings. The summed E-state index contributed by atoms with van der Waals surface area (Å²) < 4.78 is 5.27. The summed E-state index contributed by atoms with van der Waals surface area (Å²) in [4.78, 5) is 6.22. The fourth-order valence-corrected chi connectivity index (χ4v) is 2.48. The molecule has 1 aromatic heterocycles. The van der Waals surface area contributed by atoms with Crippen LogP contribution in [0.15, 0.2) is 5.38 Å². The van der Waals surface area contributed by atoms with Gasteiger partial charge in [0.2, 0.25) is 0 Å². The van der Waals surface area contributed by atoms with Gasteiger partial charge in [0.25, 0.3) is 0 Å². The first-order valence-corrected chi connectivity index (χ1v) is 5.63. The molecule has 1 aliphatic heterocycles. The van der Waals surface area contributed by atoms with Crippen molar-refractivity contribution in [3.63, 3.8) is 0 Å². The summed E-state index contributed by atoms with van der Waals surface area (Å²) in [6.45, 7) is 2.06. The molecular weight excluding hydrogens is 224 g/mol. The molecule has 0 bridgehead atoms. The van der Waals surface area contributed by atoms with Crippen LogP contribution in [-0.4, -0.2) is 42.5 Å². The number of anilines is 1. The van der Waals surface area contributed by atoms with Crippen LogP contribution in [0, 0.1) is 0 Å². The number of ether oxygens (including phenoxy) is 1. The van der Waals surface area contributed by atoms with E-state index in [0.717, 1.165) is 11.7 Å². The Morgan fingerprint density at radius 1 is 1.79 bits per heavy atom. The number of aliphatic hydroxyl groups excluding tert-OH is 1. The molecule has 78 valence electrons. The van der Waals surface area contributed by atoms with E-state index in [1.807, 2.05) is 4.90 Å². The molecule has 0 spiro atoms. The molecule has 1 aromatic rings. The minimum absolute atomic E-state index is 0.00552. The van der Waals surface area contributed by atoms with Crippen molar-refractivity contribution in [2.45, 2.75) is 6.04 Å². The van der Waals surface area contributed by atoms with E-state index >= 15 is 0 Å². The highest BCUT2D eigenvalue weighted by molar-refractivity contribution is 7.14. The third kappa shape index (κ3) is 2.00. The van der Waals surface area contributed by atoms with Crippen molar-refractivity contribution < 1.29 is 9.84 Å². The Kier molecular flexibility index (Phi) is 3.22. The van der Waals surface area contributed by atoms with Crippen LogP contribution in [0.3, 0.4) is 0 Å². The number of morpholine rings is 1. The van der Waals surface area contributed by atoms with E-state index in [4.69, 9.17) is 21.4 Å². The zero-order valence-corrected chi connectivity index (χ0v) is 9.09. The molecule has 1 atom stereocenters. The van der Waals surface area contributed by atoms with Crippen molar-refractivity contribution in [3.05, 3.63) is 10.5 Å². The normalized spacial score (nSPS) is 22.7. The van der Waals surface area contributed by atoms with Gasteiger partial charge < -0.3 is 14.7 Å². The number of thiazole rings is 1. The number of hydrogen-bond acceptors (Lipinski definition) is 5. The molecule has 0 saturated carbocycles. The molecular formula is C8H11ClN2O2S. The van der Waals surface area contributed by atoms with Gasteiger partial charge >= 0.3 is 0 Å². The molecule has 0 radical (unpaired) electrons. The van der Waals surface area contributed by atoms with Crippen molar-refractivity contribution in [2.24, 2.45) is 0 Å². The maximum absolute atomic E-state index is 9.15. The predicted octanol–water partition coefficient (Wildman–Crippen LogP) is 0.994. The maximum atomic E-state index is 9.15. The third-order valence-corrected chi connectivity index (χ3v) is 3.35. The van der Waals surface area contributed by atoms with Gasteiger partial charge in [-0.15, -0.1) is 11.3 Å².